The number of sulfone groups is 1. The van der Waals surface area contributed by atoms with E-state index in [2.05, 4.69) is 30.3 Å². The SMILES string of the molecule is COc1cc(S(=O)(=O)c2ccc3c(c2)nc(C(C)(C)C)n3CC2CCCCC2)c(F)cn1. The van der Waals surface area contributed by atoms with Crippen LogP contribution in [-0.2, 0) is 21.8 Å². The molecule has 32 heavy (non-hydrogen) atoms. The van der Waals surface area contributed by atoms with Gasteiger partial charge in [-0.3, -0.25) is 0 Å². The second kappa shape index (κ2) is 8.46. The van der Waals surface area contributed by atoms with E-state index in [0.717, 1.165) is 30.1 Å². The van der Waals surface area contributed by atoms with Crippen LogP contribution in [0.15, 0.2) is 40.3 Å². The molecule has 0 spiro atoms. The summed E-state index contributed by atoms with van der Waals surface area (Å²) in [5.41, 5.74) is 1.32. The first-order valence-electron chi connectivity index (χ1n) is 11.1. The molecule has 4 rings (SSSR count). The molecule has 2 aromatic heterocycles. The molecule has 0 bridgehead atoms. The van der Waals surface area contributed by atoms with Crippen molar-refractivity contribution >= 4 is 20.9 Å². The first kappa shape index (κ1) is 22.7. The average molecular weight is 460 g/mol. The fraction of sp³-hybridized carbons (Fsp3) is 0.500. The minimum absolute atomic E-state index is 0.0000661. The van der Waals surface area contributed by atoms with Crippen LogP contribution in [0.5, 0.6) is 5.88 Å². The summed E-state index contributed by atoms with van der Waals surface area (Å²) < 4.78 is 48.0. The van der Waals surface area contributed by atoms with Gasteiger partial charge in [-0.05, 0) is 37.0 Å². The Hall–Kier alpha value is -2.48. The normalized spacial score (nSPS) is 15.9. The highest BCUT2D eigenvalue weighted by molar-refractivity contribution is 7.91. The third-order valence-corrected chi connectivity index (χ3v) is 7.93. The van der Waals surface area contributed by atoms with E-state index in [1.165, 1.54) is 45.3 Å². The Morgan fingerprint density at radius 2 is 1.88 bits per heavy atom. The highest BCUT2D eigenvalue weighted by Gasteiger charge is 2.28. The van der Waals surface area contributed by atoms with Crippen molar-refractivity contribution < 1.29 is 17.5 Å². The maximum atomic E-state index is 14.4. The first-order chi connectivity index (χ1) is 15.1. The molecule has 1 aromatic carbocycles. The molecule has 1 saturated carbocycles. The lowest BCUT2D eigenvalue weighted by atomic mass is 9.88. The van der Waals surface area contributed by atoms with E-state index in [4.69, 9.17) is 9.72 Å². The van der Waals surface area contributed by atoms with Crippen molar-refractivity contribution in [2.45, 2.75) is 74.6 Å². The van der Waals surface area contributed by atoms with Crippen molar-refractivity contribution in [2.24, 2.45) is 5.92 Å². The number of benzene rings is 1. The number of fused-ring (bicyclic) bond motifs is 1. The highest BCUT2D eigenvalue weighted by Crippen LogP contribution is 2.33. The Morgan fingerprint density at radius 1 is 1.16 bits per heavy atom. The summed E-state index contributed by atoms with van der Waals surface area (Å²) in [5.74, 6) is 0.662. The molecule has 0 atom stereocenters. The molecule has 0 aliphatic heterocycles. The molecule has 0 unspecified atom stereocenters. The maximum absolute atomic E-state index is 14.4. The molecule has 8 heteroatoms. The number of halogens is 1. The Kier molecular flexibility index (Phi) is 6.00. The van der Waals surface area contributed by atoms with Crippen LogP contribution in [0.25, 0.3) is 11.0 Å². The van der Waals surface area contributed by atoms with Gasteiger partial charge in [-0.2, -0.15) is 0 Å². The number of hydrogen-bond acceptors (Lipinski definition) is 5. The molecule has 2 heterocycles. The van der Waals surface area contributed by atoms with Gasteiger partial charge < -0.3 is 9.30 Å². The quantitative estimate of drug-likeness (QED) is 0.518. The summed E-state index contributed by atoms with van der Waals surface area (Å²) in [7, 11) is -2.75. The van der Waals surface area contributed by atoms with Gasteiger partial charge in [0, 0.05) is 18.0 Å². The van der Waals surface area contributed by atoms with Crippen LogP contribution in [0.1, 0.15) is 58.7 Å². The van der Waals surface area contributed by atoms with Crippen LogP contribution in [0.3, 0.4) is 0 Å². The molecular formula is C24H30FN3O3S. The molecule has 172 valence electrons. The molecule has 1 aliphatic rings. The van der Waals surface area contributed by atoms with E-state index in [-0.39, 0.29) is 16.2 Å². The van der Waals surface area contributed by atoms with E-state index >= 15 is 0 Å². The van der Waals surface area contributed by atoms with E-state index in [1.807, 2.05) is 0 Å². The van der Waals surface area contributed by atoms with Crippen LogP contribution < -0.4 is 4.74 Å². The molecule has 6 nitrogen and oxygen atoms in total. The van der Waals surface area contributed by atoms with E-state index in [9.17, 15) is 12.8 Å². The lowest BCUT2D eigenvalue weighted by molar-refractivity contribution is 0.313. The number of hydrogen-bond donors (Lipinski definition) is 0. The van der Waals surface area contributed by atoms with Crippen LogP contribution in [0.4, 0.5) is 4.39 Å². The van der Waals surface area contributed by atoms with Crippen molar-refractivity contribution in [1.29, 1.82) is 0 Å². The highest BCUT2D eigenvalue weighted by atomic mass is 32.2. The number of pyridine rings is 1. The lowest BCUT2D eigenvalue weighted by Gasteiger charge is -2.26. The van der Waals surface area contributed by atoms with E-state index in [1.54, 1.807) is 12.1 Å². The Bertz CT molecular complexity index is 1240. The molecule has 1 fully saturated rings. The molecule has 0 radical (unpaired) electrons. The smallest absolute Gasteiger partial charge is 0.214 e. The molecule has 3 aromatic rings. The summed E-state index contributed by atoms with van der Waals surface area (Å²) >= 11 is 0. The number of ether oxygens (including phenoxy) is 1. The summed E-state index contributed by atoms with van der Waals surface area (Å²) in [6.45, 7) is 7.22. The predicted molar refractivity (Wildman–Crippen MR) is 121 cm³/mol. The van der Waals surface area contributed by atoms with Crippen LogP contribution in [-0.4, -0.2) is 30.1 Å². The first-order valence-corrected chi connectivity index (χ1v) is 12.5. The third kappa shape index (κ3) is 4.25. The van der Waals surface area contributed by atoms with Gasteiger partial charge in [0.25, 0.3) is 0 Å². The second-order valence-corrected chi connectivity index (χ2v) is 11.5. The number of nitrogens with zero attached hydrogens (tertiary/aromatic N) is 3. The minimum atomic E-state index is -4.10. The minimum Gasteiger partial charge on any atom is -0.481 e. The van der Waals surface area contributed by atoms with Crippen molar-refractivity contribution in [3.63, 3.8) is 0 Å². The van der Waals surface area contributed by atoms with Crippen LogP contribution in [0.2, 0.25) is 0 Å². The lowest BCUT2D eigenvalue weighted by Crippen LogP contribution is -2.22. The molecule has 0 saturated heterocycles. The van der Waals surface area contributed by atoms with Gasteiger partial charge in [-0.15, -0.1) is 0 Å². The largest absolute Gasteiger partial charge is 0.481 e. The zero-order valence-corrected chi connectivity index (χ0v) is 19.9. The number of rotatable bonds is 5. The average Bonchev–Trinajstić information content (AvgIpc) is 3.13. The summed E-state index contributed by atoms with van der Waals surface area (Å²) in [4.78, 5) is 8.12. The van der Waals surface area contributed by atoms with Gasteiger partial charge in [0.05, 0.1) is 29.2 Å². The number of methoxy groups -OCH3 is 1. The van der Waals surface area contributed by atoms with Gasteiger partial charge in [0.2, 0.25) is 15.7 Å². The molecule has 0 amide bonds. The number of aromatic nitrogens is 3. The van der Waals surface area contributed by atoms with Crippen molar-refractivity contribution in [3.8, 4) is 5.88 Å². The van der Waals surface area contributed by atoms with E-state index in [0.29, 0.717) is 11.4 Å². The molecule has 0 N–H and O–H groups in total. The molecule has 1 aliphatic carbocycles. The Morgan fingerprint density at radius 3 is 2.53 bits per heavy atom. The topological polar surface area (TPSA) is 74.1 Å². The maximum Gasteiger partial charge on any atom is 0.214 e. The third-order valence-electron chi connectivity index (χ3n) is 6.16. The van der Waals surface area contributed by atoms with Gasteiger partial charge in [-0.1, -0.05) is 40.0 Å². The van der Waals surface area contributed by atoms with Gasteiger partial charge in [0.15, 0.2) is 5.82 Å². The van der Waals surface area contributed by atoms with Gasteiger partial charge >= 0.3 is 0 Å². The summed E-state index contributed by atoms with van der Waals surface area (Å²) in [5, 5.41) is 0. The van der Waals surface area contributed by atoms with E-state index < -0.39 is 20.5 Å². The zero-order chi connectivity index (χ0) is 23.1. The van der Waals surface area contributed by atoms with Crippen molar-refractivity contribution in [1.82, 2.24) is 14.5 Å². The Balaban J connectivity index is 1.81. The monoisotopic (exact) mass is 459 g/mol. The van der Waals surface area contributed by atoms with Crippen molar-refractivity contribution in [2.75, 3.05) is 7.11 Å². The Labute approximate surface area is 188 Å². The standard InChI is InChI=1S/C24H30FN3O3S/c1-24(2,3)23-27-19-12-17(32(29,30)21-13-22(31-4)26-14-18(21)25)10-11-20(19)28(23)15-16-8-6-5-7-9-16/h10-14,16H,5-9,15H2,1-4H3. The zero-order valence-electron chi connectivity index (χ0n) is 19.1. The fourth-order valence-electron chi connectivity index (χ4n) is 4.51. The van der Waals surface area contributed by atoms with Gasteiger partial charge in [-0.25, -0.2) is 22.8 Å². The molecular weight excluding hydrogens is 429 g/mol. The predicted octanol–water partition coefficient (Wildman–Crippen LogP) is 5.29. The van der Waals surface area contributed by atoms with Gasteiger partial charge in [0.1, 0.15) is 10.7 Å². The summed E-state index contributed by atoms with van der Waals surface area (Å²) in [6.07, 6.45) is 7.08. The van der Waals surface area contributed by atoms with Crippen molar-refractivity contribution in [3.05, 3.63) is 42.1 Å². The second-order valence-electron chi connectivity index (χ2n) is 9.61. The fourth-order valence-corrected chi connectivity index (χ4v) is 5.84. The van der Waals surface area contributed by atoms with Crippen LogP contribution in [0, 0.1) is 11.7 Å². The van der Waals surface area contributed by atoms with Crippen LogP contribution >= 0.6 is 0 Å². The number of imidazole rings is 1. The summed E-state index contributed by atoms with van der Waals surface area (Å²) in [6, 6.07) is 5.99.